The van der Waals surface area contributed by atoms with Gasteiger partial charge in [-0.2, -0.15) is 0 Å². The van der Waals surface area contributed by atoms with Gasteiger partial charge in [-0.3, -0.25) is 0 Å². The van der Waals surface area contributed by atoms with Crippen LogP contribution in [0.1, 0.15) is 20.7 Å². The molecule has 2 aromatic carbocycles. The van der Waals surface area contributed by atoms with E-state index in [4.69, 9.17) is 23.2 Å². The zero-order valence-electron chi connectivity index (χ0n) is 10.5. The summed E-state index contributed by atoms with van der Waals surface area (Å²) < 4.78 is 0. The fraction of sp³-hybridized carbons (Fsp3) is 0. The van der Waals surface area contributed by atoms with Crippen LogP contribution in [0.5, 0.6) is 0 Å². The van der Waals surface area contributed by atoms with E-state index in [1.54, 1.807) is 24.3 Å². The molecule has 0 aromatic heterocycles. The molecule has 0 N–H and O–H groups in total. The zero-order valence-corrected chi connectivity index (χ0v) is 14.9. The Bertz CT molecular complexity index is 576. The predicted octanol–water partition coefficient (Wildman–Crippen LogP) is 1.03. The molecule has 21 heavy (non-hydrogen) atoms. The molecule has 0 atom stereocenters. The molecule has 0 saturated heterocycles. The molecule has 0 heterocycles. The van der Waals surface area contributed by atoms with Gasteiger partial charge in [0.05, 0.1) is 11.9 Å². The molecule has 4 nitrogen and oxygen atoms in total. The van der Waals surface area contributed by atoms with Gasteiger partial charge in [0.2, 0.25) is 0 Å². The number of benzene rings is 2. The molecule has 2 radical (unpaired) electrons. The Balaban J connectivity index is 0.000000364. The van der Waals surface area contributed by atoms with Crippen molar-refractivity contribution in [2.45, 2.75) is 0 Å². The van der Waals surface area contributed by atoms with Crippen LogP contribution in [0.2, 0.25) is 10.0 Å². The molecular formula is C14H8Cl2O4Sn. The fourth-order valence-corrected chi connectivity index (χ4v) is 1.68. The number of rotatable bonds is 2. The molecule has 2 aromatic rings. The second-order valence-electron chi connectivity index (χ2n) is 3.53. The molecule has 0 aliphatic rings. The molecule has 0 saturated carbocycles. The number of aromatic carboxylic acids is 2. The number of carbonyl (C=O) groups excluding carboxylic acids is 2. The van der Waals surface area contributed by atoms with E-state index in [9.17, 15) is 19.8 Å². The Hall–Kier alpha value is -1.24. The van der Waals surface area contributed by atoms with Gasteiger partial charge in [0.15, 0.2) is 0 Å². The normalized spacial score (nSPS) is 8.86. The van der Waals surface area contributed by atoms with Crippen molar-refractivity contribution in [3.8, 4) is 0 Å². The van der Waals surface area contributed by atoms with Crippen molar-refractivity contribution in [2.75, 3.05) is 0 Å². The monoisotopic (exact) mass is 430 g/mol. The summed E-state index contributed by atoms with van der Waals surface area (Å²) >= 11 is 11.0. The largest absolute Gasteiger partial charge is 2.00 e. The van der Waals surface area contributed by atoms with E-state index in [1.165, 1.54) is 24.3 Å². The summed E-state index contributed by atoms with van der Waals surface area (Å²) in [5, 5.41) is 20.9. The van der Waals surface area contributed by atoms with Crippen LogP contribution in [0.4, 0.5) is 0 Å². The van der Waals surface area contributed by atoms with Gasteiger partial charge < -0.3 is 19.8 Å². The zero-order chi connectivity index (χ0) is 15.1. The Morgan fingerprint density at radius 2 is 1.00 bits per heavy atom. The Labute approximate surface area is 148 Å². The average molecular weight is 430 g/mol. The van der Waals surface area contributed by atoms with Crippen LogP contribution in [0, 0.1) is 0 Å². The minimum atomic E-state index is -1.24. The Morgan fingerprint density at radius 1 is 0.714 bits per heavy atom. The van der Waals surface area contributed by atoms with Crippen molar-refractivity contribution in [1.29, 1.82) is 0 Å². The summed E-state index contributed by atoms with van der Waals surface area (Å²) in [6, 6.07) is 12.3. The van der Waals surface area contributed by atoms with E-state index in [-0.39, 0.29) is 45.1 Å². The molecule has 0 amide bonds. The molecule has 7 heteroatoms. The van der Waals surface area contributed by atoms with Crippen molar-refractivity contribution in [3.63, 3.8) is 0 Å². The van der Waals surface area contributed by atoms with Gasteiger partial charge >= 0.3 is 23.9 Å². The van der Waals surface area contributed by atoms with Crippen molar-refractivity contribution < 1.29 is 19.8 Å². The molecule has 0 fully saturated rings. The van der Waals surface area contributed by atoms with Gasteiger partial charge in [-0.05, 0) is 12.1 Å². The second kappa shape index (κ2) is 9.65. The van der Waals surface area contributed by atoms with Gasteiger partial charge in [0.25, 0.3) is 0 Å². The van der Waals surface area contributed by atoms with Gasteiger partial charge in [-0.1, -0.05) is 59.6 Å². The second-order valence-corrected chi connectivity index (χ2v) is 4.35. The van der Waals surface area contributed by atoms with Crippen molar-refractivity contribution in [3.05, 3.63) is 69.7 Å². The average Bonchev–Trinajstić information content (AvgIpc) is 2.40. The summed E-state index contributed by atoms with van der Waals surface area (Å²) in [6.07, 6.45) is 0. The first-order chi connectivity index (χ1) is 9.43. The van der Waals surface area contributed by atoms with Gasteiger partial charge in [-0.25, -0.2) is 0 Å². The maximum Gasteiger partial charge on any atom is 2.00 e. The van der Waals surface area contributed by atoms with Crippen molar-refractivity contribution >= 4 is 59.0 Å². The molecule has 0 aliphatic heterocycles. The number of carboxylic acids is 2. The molecular weight excluding hydrogens is 422 g/mol. The predicted molar refractivity (Wildman–Crippen MR) is 77.3 cm³/mol. The number of carbonyl (C=O) groups is 2. The molecule has 0 aliphatic carbocycles. The molecule has 0 unspecified atom stereocenters. The summed E-state index contributed by atoms with van der Waals surface area (Å²) in [4.78, 5) is 20.5. The van der Waals surface area contributed by atoms with Gasteiger partial charge in [0.1, 0.15) is 0 Å². The van der Waals surface area contributed by atoms with E-state index in [2.05, 4.69) is 0 Å². The molecule has 106 valence electrons. The van der Waals surface area contributed by atoms with E-state index in [0.717, 1.165) is 0 Å². The van der Waals surface area contributed by atoms with Crippen molar-refractivity contribution in [1.82, 2.24) is 0 Å². The number of hydrogen-bond acceptors (Lipinski definition) is 4. The van der Waals surface area contributed by atoms with E-state index < -0.39 is 11.9 Å². The summed E-state index contributed by atoms with van der Waals surface area (Å²) in [6.45, 7) is 0. The smallest absolute Gasteiger partial charge is 0.545 e. The summed E-state index contributed by atoms with van der Waals surface area (Å²) in [5.74, 6) is -2.49. The molecule has 0 spiro atoms. The minimum absolute atomic E-state index is 0. The first-order valence-corrected chi connectivity index (χ1v) is 6.11. The molecule has 2 rings (SSSR count). The Kier molecular flexibility index (Phi) is 9.08. The van der Waals surface area contributed by atoms with Crippen LogP contribution in [0.25, 0.3) is 0 Å². The van der Waals surface area contributed by atoms with Gasteiger partial charge in [0, 0.05) is 21.2 Å². The quantitative estimate of drug-likeness (QED) is 0.668. The van der Waals surface area contributed by atoms with Crippen LogP contribution in [-0.2, 0) is 0 Å². The fourth-order valence-electron chi connectivity index (χ4n) is 1.25. The number of halogens is 2. The third-order valence-electron chi connectivity index (χ3n) is 2.19. The van der Waals surface area contributed by atoms with E-state index >= 15 is 0 Å². The van der Waals surface area contributed by atoms with Crippen molar-refractivity contribution in [2.24, 2.45) is 0 Å². The SMILES string of the molecule is O=C([O-])c1ccccc1Cl.O=C([O-])c1ccccc1Cl.[Sn+2]. The third-order valence-corrected chi connectivity index (χ3v) is 2.85. The summed E-state index contributed by atoms with van der Waals surface area (Å²) in [7, 11) is 0. The van der Waals surface area contributed by atoms with Crippen LogP contribution < -0.4 is 10.2 Å². The topological polar surface area (TPSA) is 80.3 Å². The number of carboxylic acid groups (broad SMARTS) is 2. The van der Waals surface area contributed by atoms with E-state index in [1.807, 2.05) is 0 Å². The van der Waals surface area contributed by atoms with Crippen LogP contribution in [0.15, 0.2) is 48.5 Å². The van der Waals surface area contributed by atoms with E-state index in [0.29, 0.717) is 0 Å². The molecule has 0 bridgehead atoms. The first-order valence-electron chi connectivity index (χ1n) is 5.35. The Morgan fingerprint density at radius 3 is 1.19 bits per heavy atom. The minimum Gasteiger partial charge on any atom is -0.545 e. The van der Waals surface area contributed by atoms with Crippen LogP contribution >= 0.6 is 23.2 Å². The van der Waals surface area contributed by atoms with Crippen LogP contribution in [-0.4, -0.2) is 35.8 Å². The third kappa shape index (κ3) is 6.37. The number of hydrogen-bond donors (Lipinski definition) is 0. The maximum atomic E-state index is 10.2. The van der Waals surface area contributed by atoms with Gasteiger partial charge in [-0.15, -0.1) is 0 Å². The summed E-state index contributed by atoms with van der Waals surface area (Å²) in [5.41, 5.74) is 0.0633. The van der Waals surface area contributed by atoms with Crippen LogP contribution in [0.3, 0.4) is 0 Å². The first kappa shape index (κ1) is 19.8. The maximum absolute atomic E-state index is 10.2. The standard InChI is InChI=1S/2C7H5ClO2.Sn/c2*8-6-4-2-1-3-5(6)7(9)10;/h2*1-4H,(H,9,10);/q;;+2/p-2.